The van der Waals surface area contributed by atoms with Crippen LogP contribution in [-0.4, -0.2) is 38.8 Å². The van der Waals surface area contributed by atoms with Crippen LogP contribution in [0.3, 0.4) is 0 Å². The van der Waals surface area contributed by atoms with E-state index in [9.17, 15) is 4.79 Å². The number of nitrogens with one attached hydrogen (secondary N) is 1. The van der Waals surface area contributed by atoms with Crippen molar-refractivity contribution < 1.29 is 14.3 Å². The number of nitrogens with two attached hydrogens (primary N) is 1. The molecule has 136 valence electrons. The van der Waals surface area contributed by atoms with Gasteiger partial charge in [0.25, 0.3) is 0 Å². The molecule has 0 aliphatic carbocycles. The molecule has 24 heavy (non-hydrogen) atoms. The van der Waals surface area contributed by atoms with Crippen molar-refractivity contribution in [2.45, 2.75) is 38.1 Å². The molecule has 1 saturated heterocycles. The maximum absolute atomic E-state index is 12.2. The highest BCUT2D eigenvalue weighted by atomic mass is 35.5. The van der Waals surface area contributed by atoms with Crippen molar-refractivity contribution in [2.24, 2.45) is 11.7 Å². The molecule has 1 aromatic carbocycles. The quantitative estimate of drug-likeness (QED) is 0.787. The number of hydrogen-bond acceptors (Lipinski definition) is 4. The third kappa shape index (κ3) is 5.96. The molecule has 0 saturated carbocycles. The lowest BCUT2D eigenvalue weighted by Gasteiger charge is -2.26. The number of benzene rings is 1. The summed E-state index contributed by atoms with van der Waals surface area (Å²) in [5.74, 6) is 1.43. The highest BCUT2D eigenvalue weighted by Gasteiger charge is 2.26. The molecule has 1 aliphatic heterocycles. The van der Waals surface area contributed by atoms with E-state index in [1.54, 1.807) is 7.11 Å². The van der Waals surface area contributed by atoms with Gasteiger partial charge in [0.15, 0.2) is 0 Å². The zero-order chi connectivity index (χ0) is 16.7. The molecule has 0 radical (unpaired) electrons. The molecular weight excluding hydrogens is 328 g/mol. The number of amides is 1. The van der Waals surface area contributed by atoms with Crippen LogP contribution in [0.15, 0.2) is 24.3 Å². The molecule has 1 amide bonds. The predicted molar refractivity (Wildman–Crippen MR) is 97.8 cm³/mol. The zero-order valence-corrected chi connectivity index (χ0v) is 15.3. The van der Waals surface area contributed by atoms with Gasteiger partial charge in [-0.25, -0.2) is 0 Å². The molecule has 3 N–H and O–H groups in total. The Hall–Kier alpha value is -1.30. The molecule has 0 bridgehead atoms. The van der Waals surface area contributed by atoms with Crippen LogP contribution in [0.4, 0.5) is 0 Å². The van der Waals surface area contributed by atoms with Crippen LogP contribution in [0.25, 0.3) is 0 Å². The highest BCUT2D eigenvalue weighted by molar-refractivity contribution is 5.85. The van der Waals surface area contributed by atoms with E-state index in [0.717, 1.165) is 25.0 Å². The molecule has 2 atom stereocenters. The molecule has 0 aromatic heterocycles. The summed E-state index contributed by atoms with van der Waals surface area (Å²) in [6.07, 6.45) is 2.63. The van der Waals surface area contributed by atoms with Crippen LogP contribution in [0.1, 0.15) is 37.7 Å². The third-order valence-electron chi connectivity index (χ3n) is 4.64. The topological polar surface area (TPSA) is 73.6 Å². The normalized spacial score (nSPS) is 17.5. The minimum Gasteiger partial charge on any atom is -0.497 e. The summed E-state index contributed by atoms with van der Waals surface area (Å²) in [6.45, 7) is 4.22. The van der Waals surface area contributed by atoms with Crippen molar-refractivity contribution in [1.82, 2.24) is 5.32 Å². The average Bonchev–Trinajstić information content (AvgIpc) is 2.61. The lowest BCUT2D eigenvalue weighted by Crippen LogP contribution is -2.47. The lowest BCUT2D eigenvalue weighted by atomic mass is 9.91. The van der Waals surface area contributed by atoms with Crippen molar-refractivity contribution in [3.05, 3.63) is 29.8 Å². The van der Waals surface area contributed by atoms with Gasteiger partial charge in [-0.3, -0.25) is 4.79 Å². The van der Waals surface area contributed by atoms with E-state index in [4.69, 9.17) is 15.2 Å². The van der Waals surface area contributed by atoms with Gasteiger partial charge in [0.1, 0.15) is 5.75 Å². The maximum atomic E-state index is 12.2. The fraction of sp³-hybridized carbons (Fsp3) is 0.611. The number of carbonyl (C=O) groups excluding carboxylic acids is 1. The summed E-state index contributed by atoms with van der Waals surface area (Å²) >= 11 is 0. The summed E-state index contributed by atoms with van der Waals surface area (Å²) in [5, 5.41) is 2.97. The predicted octanol–water partition coefficient (Wildman–Crippen LogP) is 2.48. The Morgan fingerprint density at radius 1 is 1.33 bits per heavy atom. The fourth-order valence-electron chi connectivity index (χ4n) is 2.92. The van der Waals surface area contributed by atoms with Crippen molar-refractivity contribution in [3.8, 4) is 5.75 Å². The molecular formula is C18H29ClN2O3. The summed E-state index contributed by atoms with van der Waals surface area (Å²) in [6, 6.07) is 7.64. The van der Waals surface area contributed by atoms with Crippen LogP contribution in [-0.2, 0) is 9.53 Å². The molecule has 2 unspecified atom stereocenters. The van der Waals surface area contributed by atoms with E-state index in [1.165, 1.54) is 5.56 Å². The Balaban J connectivity index is 0.00000288. The van der Waals surface area contributed by atoms with E-state index in [1.807, 2.05) is 12.1 Å². The van der Waals surface area contributed by atoms with Gasteiger partial charge in [0.05, 0.1) is 13.2 Å². The Morgan fingerprint density at radius 2 is 1.96 bits per heavy atom. The van der Waals surface area contributed by atoms with Crippen LogP contribution >= 0.6 is 12.4 Å². The van der Waals surface area contributed by atoms with Crippen LogP contribution in [0, 0.1) is 5.92 Å². The van der Waals surface area contributed by atoms with Crippen molar-refractivity contribution in [2.75, 3.05) is 26.9 Å². The highest BCUT2D eigenvalue weighted by Crippen LogP contribution is 2.21. The van der Waals surface area contributed by atoms with Crippen molar-refractivity contribution in [3.63, 3.8) is 0 Å². The van der Waals surface area contributed by atoms with Gasteiger partial charge < -0.3 is 20.5 Å². The third-order valence-corrected chi connectivity index (χ3v) is 4.64. The number of rotatable bonds is 7. The Labute approximate surface area is 150 Å². The molecule has 1 aliphatic rings. The SMILES string of the molecule is COc1ccc(C(C)CCNC(=O)C(N)C2CCOCC2)cc1.Cl. The van der Waals surface area contributed by atoms with E-state index in [0.29, 0.717) is 25.7 Å². The van der Waals surface area contributed by atoms with Crippen LogP contribution in [0.2, 0.25) is 0 Å². The first kappa shape index (κ1) is 20.7. The first-order valence-electron chi connectivity index (χ1n) is 8.36. The summed E-state index contributed by atoms with van der Waals surface area (Å²) < 4.78 is 10.5. The average molecular weight is 357 g/mol. The van der Waals surface area contributed by atoms with E-state index in [-0.39, 0.29) is 24.2 Å². The summed E-state index contributed by atoms with van der Waals surface area (Å²) in [5.41, 5.74) is 7.31. The first-order chi connectivity index (χ1) is 11.1. The molecule has 6 heteroatoms. The lowest BCUT2D eigenvalue weighted by molar-refractivity contribution is -0.124. The number of ether oxygens (including phenoxy) is 2. The summed E-state index contributed by atoms with van der Waals surface area (Å²) in [7, 11) is 1.66. The second-order valence-electron chi connectivity index (χ2n) is 6.23. The van der Waals surface area contributed by atoms with Gasteiger partial charge >= 0.3 is 0 Å². The molecule has 5 nitrogen and oxygen atoms in total. The monoisotopic (exact) mass is 356 g/mol. The van der Waals surface area contributed by atoms with Gasteiger partial charge in [-0.15, -0.1) is 12.4 Å². The molecule has 1 fully saturated rings. The smallest absolute Gasteiger partial charge is 0.237 e. The maximum Gasteiger partial charge on any atom is 0.237 e. The Bertz CT molecular complexity index is 490. The fourth-order valence-corrected chi connectivity index (χ4v) is 2.92. The Kier molecular flexibility index (Phi) is 9.11. The number of carbonyl (C=O) groups is 1. The second kappa shape index (κ2) is 10.5. The van der Waals surface area contributed by atoms with Gasteiger partial charge in [-0.1, -0.05) is 19.1 Å². The van der Waals surface area contributed by atoms with Crippen LogP contribution in [0.5, 0.6) is 5.75 Å². The minimum absolute atomic E-state index is 0. The second-order valence-corrected chi connectivity index (χ2v) is 6.23. The van der Waals surface area contributed by atoms with Gasteiger partial charge in [0.2, 0.25) is 5.91 Å². The van der Waals surface area contributed by atoms with Gasteiger partial charge in [-0.2, -0.15) is 0 Å². The molecule has 0 spiro atoms. The molecule has 1 aromatic rings. The van der Waals surface area contributed by atoms with Crippen molar-refractivity contribution >= 4 is 18.3 Å². The van der Waals surface area contributed by atoms with E-state index >= 15 is 0 Å². The van der Waals surface area contributed by atoms with E-state index < -0.39 is 6.04 Å². The molecule has 2 rings (SSSR count). The minimum atomic E-state index is -0.421. The number of methoxy groups -OCH3 is 1. The van der Waals surface area contributed by atoms with Crippen LogP contribution < -0.4 is 15.8 Å². The van der Waals surface area contributed by atoms with Crippen molar-refractivity contribution in [1.29, 1.82) is 0 Å². The Morgan fingerprint density at radius 3 is 2.54 bits per heavy atom. The summed E-state index contributed by atoms with van der Waals surface area (Å²) in [4.78, 5) is 12.2. The number of hydrogen-bond donors (Lipinski definition) is 2. The molecule has 1 heterocycles. The standard InChI is InChI=1S/C18H28N2O3.ClH/c1-13(14-3-5-16(22-2)6-4-14)7-10-20-18(21)17(19)15-8-11-23-12-9-15;/h3-6,13,15,17H,7-12,19H2,1-2H3,(H,20,21);1H. The van der Waals surface area contributed by atoms with E-state index in [2.05, 4.69) is 24.4 Å². The number of halogens is 1. The zero-order valence-electron chi connectivity index (χ0n) is 14.5. The van der Waals surface area contributed by atoms with Gasteiger partial charge in [-0.05, 0) is 48.8 Å². The first-order valence-corrected chi connectivity index (χ1v) is 8.36. The van der Waals surface area contributed by atoms with Gasteiger partial charge in [0, 0.05) is 19.8 Å². The largest absolute Gasteiger partial charge is 0.497 e.